The molecule has 0 aromatic heterocycles. The third kappa shape index (κ3) is 1.66. The molecular weight excluding hydrogens is 193 g/mol. The summed E-state index contributed by atoms with van der Waals surface area (Å²) in [6, 6.07) is 6.18. The molecule has 1 aromatic rings. The van der Waals surface area contributed by atoms with Gasteiger partial charge in [-0.05, 0) is 6.07 Å². The summed E-state index contributed by atoms with van der Waals surface area (Å²) in [6.07, 6.45) is -0.668. The molecule has 0 saturated carbocycles. The topological polar surface area (TPSA) is 38.3 Å². The lowest BCUT2D eigenvalue weighted by Crippen LogP contribution is -2.10. The van der Waals surface area contributed by atoms with Gasteiger partial charge in [0.05, 0.1) is 0 Å². The summed E-state index contributed by atoms with van der Waals surface area (Å²) in [5, 5.41) is -0.437. The Morgan fingerprint density at radius 3 is 2.85 bits per heavy atom. The Balaban J connectivity index is 2.26. The summed E-state index contributed by atoms with van der Waals surface area (Å²) in [6.45, 7) is 0. The molecule has 1 atom stereocenters. The van der Waals surface area contributed by atoms with Gasteiger partial charge in [-0.25, -0.2) is 13.9 Å². The molecule has 5 heteroatoms. The number of cyclic esters (lactones) is 1. The lowest BCUT2D eigenvalue weighted by atomic mass is 10.2. The molecule has 0 spiro atoms. The normalized spacial score (nSPS) is 21.6. The predicted octanol–water partition coefficient (Wildman–Crippen LogP) is 2.21. The zero-order valence-electron chi connectivity index (χ0n) is 6.49. The number of hydrogen-bond acceptors (Lipinski definition) is 4. The Morgan fingerprint density at radius 1 is 1.46 bits per heavy atom. The summed E-state index contributed by atoms with van der Waals surface area (Å²) < 4.78 is 20.6. The number of carbonyl (C=O) groups is 1. The summed E-state index contributed by atoms with van der Waals surface area (Å²) in [5.41, 5.74) is 0.348. The molecular formula is C8H6FNO2S. The monoisotopic (exact) mass is 199 g/mol. The molecule has 68 valence electrons. The third-order valence-corrected chi connectivity index (χ3v) is 2.25. The zero-order chi connectivity index (χ0) is 9.26. The number of halogens is 1. The summed E-state index contributed by atoms with van der Waals surface area (Å²) in [7, 11) is 0. The maximum absolute atomic E-state index is 13.1. The van der Waals surface area contributed by atoms with E-state index in [2.05, 4.69) is 4.72 Å². The van der Waals surface area contributed by atoms with Gasteiger partial charge in [0, 0.05) is 17.5 Å². The first kappa shape index (κ1) is 8.52. The summed E-state index contributed by atoms with van der Waals surface area (Å²) >= 11 is 0.831. The Kier molecular flexibility index (Phi) is 2.20. The average Bonchev–Trinajstić information content (AvgIpc) is 2.53. The van der Waals surface area contributed by atoms with E-state index in [4.69, 9.17) is 4.74 Å². The smallest absolute Gasteiger partial charge is 0.384 e. The number of ether oxygens (including phenoxy) is 1. The van der Waals surface area contributed by atoms with E-state index in [1.807, 2.05) is 0 Å². The van der Waals surface area contributed by atoms with Crippen molar-refractivity contribution in [1.29, 1.82) is 0 Å². The molecule has 1 fully saturated rings. The number of rotatable bonds is 1. The Morgan fingerprint density at radius 2 is 2.23 bits per heavy atom. The van der Waals surface area contributed by atoms with E-state index < -0.39 is 11.5 Å². The average molecular weight is 199 g/mol. The van der Waals surface area contributed by atoms with Crippen LogP contribution in [0.15, 0.2) is 24.3 Å². The van der Waals surface area contributed by atoms with Gasteiger partial charge in [-0.3, -0.25) is 0 Å². The fourth-order valence-electron chi connectivity index (χ4n) is 1.06. The molecule has 0 amide bonds. The van der Waals surface area contributed by atoms with E-state index in [0.29, 0.717) is 5.56 Å². The van der Waals surface area contributed by atoms with E-state index >= 15 is 0 Å². The molecule has 0 aliphatic carbocycles. The first-order valence-electron chi connectivity index (χ1n) is 3.65. The third-order valence-electron chi connectivity index (χ3n) is 1.65. The van der Waals surface area contributed by atoms with Crippen LogP contribution in [0.4, 0.5) is 9.18 Å². The van der Waals surface area contributed by atoms with E-state index in [-0.39, 0.29) is 5.82 Å². The van der Waals surface area contributed by atoms with Crippen molar-refractivity contribution in [3.8, 4) is 0 Å². The zero-order valence-corrected chi connectivity index (χ0v) is 7.31. The predicted molar refractivity (Wildman–Crippen MR) is 46.3 cm³/mol. The van der Waals surface area contributed by atoms with Gasteiger partial charge in [0.25, 0.3) is 0 Å². The first-order valence-corrected chi connectivity index (χ1v) is 4.46. The van der Waals surface area contributed by atoms with Crippen LogP contribution in [0, 0.1) is 5.82 Å². The molecule has 13 heavy (non-hydrogen) atoms. The van der Waals surface area contributed by atoms with Crippen molar-refractivity contribution >= 4 is 17.2 Å². The standard InChI is InChI=1S/C8H6FNO2S/c9-6-4-2-1-3-5(6)7-10-13-8(11)12-7/h1-4,7,10H. The van der Waals surface area contributed by atoms with Crippen molar-refractivity contribution in [2.75, 3.05) is 0 Å². The lowest BCUT2D eigenvalue weighted by Gasteiger charge is -2.08. The molecule has 1 N–H and O–H groups in total. The molecule has 1 aliphatic rings. The highest BCUT2D eigenvalue weighted by atomic mass is 32.2. The highest BCUT2D eigenvalue weighted by molar-refractivity contribution is 8.11. The van der Waals surface area contributed by atoms with Gasteiger partial charge in [0.15, 0.2) is 6.23 Å². The van der Waals surface area contributed by atoms with Gasteiger partial charge < -0.3 is 4.74 Å². The van der Waals surface area contributed by atoms with E-state index in [9.17, 15) is 9.18 Å². The van der Waals surface area contributed by atoms with Crippen LogP contribution in [0.1, 0.15) is 11.8 Å². The van der Waals surface area contributed by atoms with Crippen molar-refractivity contribution < 1.29 is 13.9 Å². The van der Waals surface area contributed by atoms with Crippen LogP contribution in [0.2, 0.25) is 0 Å². The molecule has 1 heterocycles. The number of carbonyl (C=O) groups excluding carboxylic acids is 1. The molecule has 1 unspecified atom stereocenters. The second kappa shape index (κ2) is 3.35. The van der Waals surface area contributed by atoms with Crippen LogP contribution in [0.25, 0.3) is 0 Å². The van der Waals surface area contributed by atoms with E-state index in [1.54, 1.807) is 18.2 Å². The summed E-state index contributed by atoms with van der Waals surface area (Å²) in [4.78, 5) is 10.7. The number of nitrogens with one attached hydrogen (secondary N) is 1. The van der Waals surface area contributed by atoms with Crippen LogP contribution in [-0.4, -0.2) is 5.30 Å². The maximum Gasteiger partial charge on any atom is 0.384 e. The highest BCUT2D eigenvalue weighted by Gasteiger charge is 2.27. The Hall–Kier alpha value is -1.07. The van der Waals surface area contributed by atoms with Gasteiger partial charge in [-0.2, -0.15) is 0 Å². The minimum atomic E-state index is -0.668. The van der Waals surface area contributed by atoms with Crippen molar-refractivity contribution in [3.63, 3.8) is 0 Å². The van der Waals surface area contributed by atoms with Crippen LogP contribution < -0.4 is 4.72 Å². The SMILES string of the molecule is O=C1OC(c2ccccc2F)NS1. The van der Waals surface area contributed by atoms with Gasteiger partial charge >= 0.3 is 5.30 Å². The number of hydrogen-bond donors (Lipinski definition) is 1. The van der Waals surface area contributed by atoms with Gasteiger partial charge in [-0.15, -0.1) is 0 Å². The Labute approximate surface area is 78.4 Å². The minimum absolute atomic E-state index is 0.348. The van der Waals surface area contributed by atoms with Crippen molar-refractivity contribution in [1.82, 2.24) is 4.72 Å². The lowest BCUT2D eigenvalue weighted by molar-refractivity contribution is 0.128. The molecule has 1 saturated heterocycles. The second-order valence-electron chi connectivity index (χ2n) is 2.49. The maximum atomic E-state index is 13.1. The van der Waals surface area contributed by atoms with Crippen LogP contribution in [0.3, 0.4) is 0 Å². The van der Waals surface area contributed by atoms with Crippen LogP contribution in [0.5, 0.6) is 0 Å². The van der Waals surface area contributed by atoms with Crippen molar-refractivity contribution in [2.24, 2.45) is 0 Å². The molecule has 1 aromatic carbocycles. The van der Waals surface area contributed by atoms with Gasteiger partial charge in [0.1, 0.15) is 5.82 Å². The Bertz CT molecular complexity index is 345. The van der Waals surface area contributed by atoms with Crippen molar-refractivity contribution in [2.45, 2.75) is 6.23 Å². The fourth-order valence-corrected chi connectivity index (χ4v) is 1.58. The second-order valence-corrected chi connectivity index (χ2v) is 3.26. The van der Waals surface area contributed by atoms with Gasteiger partial charge in [0.2, 0.25) is 0 Å². The molecule has 0 radical (unpaired) electrons. The quantitative estimate of drug-likeness (QED) is 0.556. The first-order chi connectivity index (χ1) is 6.27. The van der Waals surface area contributed by atoms with Crippen molar-refractivity contribution in [3.05, 3.63) is 35.6 Å². The fraction of sp³-hybridized carbons (Fsp3) is 0.125. The molecule has 2 rings (SSSR count). The van der Waals surface area contributed by atoms with Crippen LogP contribution in [-0.2, 0) is 4.74 Å². The van der Waals surface area contributed by atoms with E-state index in [0.717, 1.165) is 11.9 Å². The summed E-state index contributed by atoms with van der Waals surface area (Å²) in [5.74, 6) is -0.379. The molecule has 0 bridgehead atoms. The largest absolute Gasteiger partial charge is 0.432 e. The van der Waals surface area contributed by atoms with Crippen LogP contribution >= 0.6 is 11.9 Å². The highest BCUT2D eigenvalue weighted by Crippen LogP contribution is 2.27. The molecule has 3 nitrogen and oxygen atoms in total. The molecule has 1 aliphatic heterocycles. The minimum Gasteiger partial charge on any atom is -0.432 e. The number of benzene rings is 1. The van der Waals surface area contributed by atoms with Gasteiger partial charge in [-0.1, -0.05) is 18.2 Å². The van der Waals surface area contributed by atoms with E-state index in [1.165, 1.54) is 6.07 Å².